The average Bonchev–Trinajstić information content (AvgIpc) is 3.27. The van der Waals surface area contributed by atoms with Crippen LogP contribution < -0.4 is 10.2 Å². The quantitative estimate of drug-likeness (QED) is 0.470. The van der Waals surface area contributed by atoms with E-state index in [4.69, 9.17) is 4.52 Å². The molecule has 1 amide bonds. The van der Waals surface area contributed by atoms with Gasteiger partial charge in [0.1, 0.15) is 5.82 Å². The highest BCUT2D eigenvalue weighted by molar-refractivity contribution is 6.07. The van der Waals surface area contributed by atoms with Crippen molar-refractivity contribution in [2.75, 3.05) is 36.4 Å². The number of rotatable bonds is 3. The molecular formula is C27H24FN5O2. The van der Waals surface area contributed by atoms with Crippen LogP contribution in [0.4, 0.5) is 15.8 Å². The SMILES string of the molecule is Cc1nc(-c2ccc(N3CCN(C4c5ccccc5NC(=O)c5ccccc54)CC3)c(F)c2)no1. The zero-order valence-corrected chi connectivity index (χ0v) is 19.2. The predicted octanol–water partition coefficient (Wildman–Crippen LogP) is 4.66. The molecule has 2 aliphatic rings. The van der Waals surface area contributed by atoms with Crippen LogP contribution in [-0.2, 0) is 0 Å². The Morgan fingerprint density at radius 2 is 1.71 bits per heavy atom. The van der Waals surface area contributed by atoms with Gasteiger partial charge in [0.2, 0.25) is 11.7 Å². The van der Waals surface area contributed by atoms with Crippen LogP contribution >= 0.6 is 0 Å². The van der Waals surface area contributed by atoms with Crippen LogP contribution in [0.15, 0.2) is 71.3 Å². The summed E-state index contributed by atoms with van der Waals surface area (Å²) in [4.78, 5) is 21.5. The summed E-state index contributed by atoms with van der Waals surface area (Å²) in [5.74, 6) is 0.428. The number of hydrogen-bond donors (Lipinski definition) is 1. The van der Waals surface area contributed by atoms with Gasteiger partial charge in [0, 0.05) is 49.9 Å². The Morgan fingerprint density at radius 3 is 2.46 bits per heavy atom. The highest BCUT2D eigenvalue weighted by atomic mass is 19.1. The second kappa shape index (κ2) is 8.63. The Morgan fingerprint density at radius 1 is 0.971 bits per heavy atom. The van der Waals surface area contributed by atoms with Gasteiger partial charge in [0.05, 0.1) is 11.7 Å². The summed E-state index contributed by atoms with van der Waals surface area (Å²) in [7, 11) is 0. The van der Waals surface area contributed by atoms with Crippen LogP contribution in [0.1, 0.15) is 33.4 Å². The van der Waals surface area contributed by atoms with Crippen molar-refractivity contribution in [3.63, 3.8) is 0 Å². The summed E-state index contributed by atoms with van der Waals surface area (Å²) >= 11 is 0. The fraction of sp³-hybridized carbons (Fsp3) is 0.222. The number of halogens is 1. The number of aromatic nitrogens is 2. The molecule has 8 heteroatoms. The first-order valence-corrected chi connectivity index (χ1v) is 11.7. The van der Waals surface area contributed by atoms with E-state index in [1.165, 1.54) is 6.07 Å². The van der Waals surface area contributed by atoms with E-state index in [9.17, 15) is 4.79 Å². The topological polar surface area (TPSA) is 74.5 Å². The van der Waals surface area contributed by atoms with Crippen molar-refractivity contribution in [2.45, 2.75) is 13.0 Å². The minimum absolute atomic E-state index is 0.0581. The monoisotopic (exact) mass is 469 g/mol. The lowest BCUT2D eigenvalue weighted by Crippen LogP contribution is -2.48. The number of fused-ring (bicyclic) bond motifs is 2. The molecule has 1 N–H and O–H groups in total. The Bertz CT molecular complexity index is 1410. The molecular weight excluding hydrogens is 445 g/mol. The summed E-state index contributed by atoms with van der Waals surface area (Å²) in [6, 6.07) is 20.8. The lowest BCUT2D eigenvalue weighted by Gasteiger charge is -2.41. The van der Waals surface area contributed by atoms with E-state index in [0.29, 0.717) is 41.6 Å². The van der Waals surface area contributed by atoms with E-state index in [1.54, 1.807) is 13.0 Å². The van der Waals surface area contributed by atoms with E-state index in [-0.39, 0.29) is 17.8 Å². The lowest BCUT2D eigenvalue weighted by atomic mass is 9.93. The van der Waals surface area contributed by atoms with Gasteiger partial charge in [-0.15, -0.1) is 0 Å². The van der Waals surface area contributed by atoms with Crippen molar-refractivity contribution >= 4 is 17.3 Å². The summed E-state index contributed by atoms with van der Waals surface area (Å²) in [6.07, 6.45) is 0. The minimum atomic E-state index is -0.307. The fourth-order valence-corrected chi connectivity index (χ4v) is 5.08. The molecule has 1 unspecified atom stereocenters. The molecule has 3 heterocycles. The first-order chi connectivity index (χ1) is 17.1. The van der Waals surface area contributed by atoms with Gasteiger partial charge in [-0.05, 0) is 41.5 Å². The summed E-state index contributed by atoms with van der Waals surface area (Å²) in [5.41, 5.74) is 4.74. The van der Waals surface area contributed by atoms with Crippen molar-refractivity contribution in [1.82, 2.24) is 15.0 Å². The molecule has 0 aliphatic carbocycles. The second-order valence-electron chi connectivity index (χ2n) is 8.86. The highest BCUT2D eigenvalue weighted by Crippen LogP contribution is 2.39. The Kier molecular flexibility index (Phi) is 5.30. The molecule has 176 valence electrons. The number of anilines is 2. The molecule has 0 saturated carbocycles. The molecule has 0 spiro atoms. The maximum atomic E-state index is 15.1. The zero-order chi connectivity index (χ0) is 23.9. The molecule has 6 rings (SSSR count). The highest BCUT2D eigenvalue weighted by Gasteiger charge is 2.33. The van der Waals surface area contributed by atoms with Crippen molar-refractivity contribution in [1.29, 1.82) is 0 Å². The third kappa shape index (κ3) is 3.85. The third-order valence-corrected chi connectivity index (χ3v) is 6.76. The average molecular weight is 470 g/mol. The molecule has 0 radical (unpaired) electrons. The first-order valence-electron chi connectivity index (χ1n) is 11.7. The number of benzene rings is 3. The molecule has 4 aromatic rings. The molecule has 3 aromatic carbocycles. The van der Waals surface area contributed by atoms with Crippen LogP contribution in [0, 0.1) is 12.7 Å². The van der Waals surface area contributed by atoms with Crippen LogP contribution in [0.25, 0.3) is 11.4 Å². The fourth-order valence-electron chi connectivity index (χ4n) is 5.08. The van der Waals surface area contributed by atoms with Crippen LogP contribution in [0.2, 0.25) is 0 Å². The molecule has 1 aromatic heterocycles. The van der Waals surface area contributed by atoms with Gasteiger partial charge in [0.15, 0.2) is 0 Å². The largest absolute Gasteiger partial charge is 0.367 e. The number of amides is 1. The normalized spacial score (nSPS) is 17.9. The predicted molar refractivity (Wildman–Crippen MR) is 131 cm³/mol. The molecule has 1 fully saturated rings. The van der Waals surface area contributed by atoms with Crippen LogP contribution in [-0.4, -0.2) is 47.1 Å². The summed E-state index contributed by atoms with van der Waals surface area (Å²) < 4.78 is 20.1. The Hall–Kier alpha value is -4.04. The number of carbonyl (C=O) groups is 1. The number of nitrogens with zero attached hydrogens (tertiary/aromatic N) is 4. The molecule has 0 bridgehead atoms. The van der Waals surface area contributed by atoms with Gasteiger partial charge < -0.3 is 14.7 Å². The van der Waals surface area contributed by atoms with Gasteiger partial charge in [-0.2, -0.15) is 4.98 Å². The minimum Gasteiger partial charge on any atom is -0.367 e. The molecule has 2 aliphatic heterocycles. The van der Waals surface area contributed by atoms with Gasteiger partial charge in [-0.25, -0.2) is 4.39 Å². The Balaban J connectivity index is 1.26. The maximum absolute atomic E-state index is 15.1. The van der Waals surface area contributed by atoms with Crippen molar-refractivity contribution in [3.05, 3.63) is 95.1 Å². The van der Waals surface area contributed by atoms with E-state index >= 15 is 4.39 Å². The summed E-state index contributed by atoms with van der Waals surface area (Å²) in [5, 5.41) is 6.95. The number of para-hydroxylation sites is 1. The van der Waals surface area contributed by atoms with E-state index < -0.39 is 0 Å². The lowest BCUT2D eigenvalue weighted by molar-refractivity contribution is 0.102. The zero-order valence-electron chi connectivity index (χ0n) is 19.2. The van der Waals surface area contributed by atoms with Gasteiger partial charge in [-0.3, -0.25) is 9.69 Å². The van der Waals surface area contributed by atoms with E-state index in [1.807, 2.05) is 48.5 Å². The van der Waals surface area contributed by atoms with E-state index in [2.05, 4.69) is 31.3 Å². The Labute approximate surface area is 202 Å². The van der Waals surface area contributed by atoms with Gasteiger partial charge in [0.25, 0.3) is 5.91 Å². The van der Waals surface area contributed by atoms with Crippen LogP contribution in [0.3, 0.4) is 0 Å². The molecule has 1 saturated heterocycles. The first kappa shape index (κ1) is 21.5. The number of nitrogens with one attached hydrogen (secondary N) is 1. The van der Waals surface area contributed by atoms with Crippen molar-refractivity contribution in [2.24, 2.45) is 0 Å². The van der Waals surface area contributed by atoms with Gasteiger partial charge >= 0.3 is 0 Å². The number of carbonyl (C=O) groups excluding carboxylic acids is 1. The molecule has 7 nitrogen and oxygen atoms in total. The molecule has 35 heavy (non-hydrogen) atoms. The standard InChI is InChI=1S/C27H24FN5O2/c1-17-29-26(31-35-17)18-10-11-24(22(28)16-18)32-12-14-33(15-13-32)25-19-6-2-3-7-20(19)27(34)30-23-9-5-4-8-21(23)25/h2-11,16,25H,12-15H2,1H3,(H,30,34). The van der Waals surface area contributed by atoms with Crippen LogP contribution in [0.5, 0.6) is 0 Å². The molecule has 1 atom stereocenters. The van der Waals surface area contributed by atoms with Gasteiger partial charge in [-0.1, -0.05) is 41.6 Å². The number of aryl methyl sites for hydroxylation is 1. The second-order valence-corrected chi connectivity index (χ2v) is 8.86. The van der Waals surface area contributed by atoms with Crippen molar-refractivity contribution < 1.29 is 13.7 Å². The number of hydrogen-bond acceptors (Lipinski definition) is 6. The summed E-state index contributed by atoms with van der Waals surface area (Å²) in [6.45, 7) is 4.50. The van der Waals surface area contributed by atoms with Crippen molar-refractivity contribution in [3.8, 4) is 11.4 Å². The smallest absolute Gasteiger partial charge is 0.256 e. The maximum Gasteiger partial charge on any atom is 0.256 e. The number of piperazine rings is 1. The van der Waals surface area contributed by atoms with E-state index in [0.717, 1.165) is 29.9 Å². The third-order valence-electron chi connectivity index (χ3n) is 6.76.